The summed E-state index contributed by atoms with van der Waals surface area (Å²) in [5.41, 5.74) is 0.0263. The van der Waals surface area contributed by atoms with Gasteiger partial charge >= 0.3 is 12.1 Å². The van der Waals surface area contributed by atoms with E-state index in [2.05, 4.69) is 10.3 Å². The van der Waals surface area contributed by atoms with Crippen LogP contribution in [0, 0.1) is 0 Å². The van der Waals surface area contributed by atoms with Crippen molar-refractivity contribution in [2.24, 2.45) is 0 Å². The Morgan fingerprint density at radius 3 is 2.69 bits per heavy atom. The van der Waals surface area contributed by atoms with Crippen LogP contribution < -0.4 is 19.3 Å². The molecule has 1 aromatic heterocycles. The van der Waals surface area contributed by atoms with E-state index in [0.29, 0.717) is 4.31 Å². The highest BCUT2D eigenvalue weighted by Crippen LogP contribution is 2.36. The van der Waals surface area contributed by atoms with Crippen molar-refractivity contribution in [2.75, 3.05) is 28.7 Å². The largest absolute Gasteiger partial charge is 0.480 e. The van der Waals surface area contributed by atoms with E-state index < -0.39 is 22.1 Å². The first-order valence-corrected chi connectivity index (χ1v) is 8.67. The molecule has 3 rings (SSSR count). The van der Waals surface area contributed by atoms with Crippen LogP contribution in [0.5, 0.6) is 5.88 Å². The fourth-order valence-corrected chi connectivity index (χ4v) is 3.95. The second kappa shape index (κ2) is 6.19. The van der Waals surface area contributed by atoms with Gasteiger partial charge in [0.15, 0.2) is 0 Å². The van der Waals surface area contributed by atoms with Crippen LogP contribution >= 0.6 is 0 Å². The number of hydrogen-bond donors (Lipinski definition) is 2. The minimum atomic E-state index is -4.19. The lowest BCUT2D eigenvalue weighted by atomic mass is 10.3. The Bertz CT molecular complexity index is 1010. The van der Waals surface area contributed by atoms with Crippen molar-refractivity contribution in [1.82, 2.24) is 4.98 Å². The summed E-state index contributed by atoms with van der Waals surface area (Å²) < 4.78 is 31.3. The topological polar surface area (TPSA) is 129 Å². The highest BCUT2D eigenvalue weighted by Gasteiger charge is 2.38. The second-order valence-electron chi connectivity index (χ2n) is 5.26. The molecule has 0 unspecified atom stereocenters. The predicted molar refractivity (Wildman–Crippen MR) is 92.3 cm³/mol. The number of methoxy groups -OCH3 is 1. The van der Waals surface area contributed by atoms with Gasteiger partial charge in [-0.1, -0.05) is 12.1 Å². The van der Waals surface area contributed by atoms with Crippen molar-refractivity contribution in [1.29, 1.82) is 0 Å². The van der Waals surface area contributed by atoms with Gasteiger partial charge in [-0.25, -0.2) is 23.0 Å². The number of nitrogens with zero attached hydrogens (tertiary/aromatic N) is 3. The van der Waals surface area contributed by atoms with E-state index in [9.17, 15) is 23.1 Å². The van der Waals surface area contributed by atoms with Crippen molar-refractivity contribution in [3.05, 3.63) is 36.5 Å². The maximum Gasteiger partial charge on any atom is 0.411 e. The Kier molecular flexibility index (Phi) is 4.16. The second-order valence-corrected chi connectivity index (χ2v) is 7.01. The number of anilines is 3. The maximum absolute atomic E-state index is 12.9. The molecular weight excluding hydrogens is 364 g/mol. The van der Waals surface area contributed by atoms with Crippen LogP contribution in [-0.4, -0.2) is 44.8 Å². The van der Waals surface area contributed by atoms with E-state index in [0.717, 1.165) is 11.1 Å². The average molecular weight is 378 g/mol. The molecule has 0 saturated carbocycles. The number of nitrogens with one attached hydrogen (secondary N) is 1. The molecule has 0 fully saturated rings. The Labute approximate surface area is 148 Å². The van der Waals surface area contributed by atoms with Crippen LogP contribution in [0.25, 0.3) is 0 Å². The molecule has 0 spiro atoms. The summed E-state index contributed by atoms with van der Waals surface area (Å²) in [6.07, 6.45) is -0.193. The molecule has 2 N–H and O–H groups in total. The molecular formula is C15H14N4O6S. The van der Waals surface area contributed by atoms with Gasteiger partial charge in [-0.3, -0.25) is 4.90 Å². The highest BCUT2D eigenvalue weighted by molar-refractivity contribution is 7.94. The summed E-state index contributed by atoms with van der Waals surface area (Å²) in [6, 6.07) is 6.25. The molecule has 0 aliphatic carbocycles. The molecule has 136 valence electrons. The molecule has 0 saturated heterocycles. The third kappa shape index (κ3) is 2.67. The number of carbonyl (C=O) groups is 2. The number of ether oxygens (including phenoxy) is 1. The van der Waals surface area contributed by atoms with Crippen molar-refractivity contribution in [2.45, 2.75) is 4.90 Å². The number of aromatic nitrogens is 1. The first-order valence-electron chi connectivity index (χ1n) is 7.23. The minimum Gasteiger partial charge on any atom is -0.480 e. The third-order valence-corrected chi connectivity index (χ3v) is 5.49. The first kappa shape index (κ1) is 17.5. The monoisotopic (exact) mass is 378 g/mol. The quantitative estimate of drug-likeness (QED) is 0.835. The number of carbonyl (C=O) groups excluding carboxylic acids is 1. The summed E-state index contributed by atoms with van der Waals surface area (Å²) in [7, 11) is -1.66. The molecule has 26 heavy (non-hydrogen) atoms. The Morgan fingerprint density at radius 2 is 2.04 bits per heavy atom. The molecule has 2 heterocycles. The minimum absolute atomic E-state index is 0.0145. The summed E-state index contributed by atoms with van der Waals surface area (Å²) in [5, 5.41) is 11.7. The predicted octanol–water partition coefficient (Wildman–Crippen LogP) is 1.95. The van der Waals surface area contributed by atoms with E-state index in [1.165, 1.54) is 38.4 Å². The molecule has 0 radical (unpaired) electrons. The van der Waals surface area contributed by atoms with Crippen molar-refractivity contribution >= 4 is 39.2 Å². The molecule has 11 heteroatoms. The normalized spacial score (nSPS) is 15.0. The summed E-state index contributed by atoms with van der Waals surface area (Å²) in [4.78, 5) is 28.3. The number of sulfonamides is 1. The number of urea groups is 1. The van der Waals surface area contributed by atoms with E-state index in [-0.39, 0.29) is 27.8 Å². The summed E-state index contributed by atoms with van der Waals surface area (Å²) >= 11 is 0. The van der Waals surface area contributed by atoms with Crippen LogP contribution in [0.2, 0.25) is 0 Å². The molecule has 0 bridgehead atoms. The lowest BCUT2D eigenvalue weighted by Gasteiger charge is -2.29. The fraction of sp³-hybridized carbons (Fsp3) is 0.133. The number of carboxylic acid groups (broad SMARTS) is 1. The smallest absolute Gasteiger partial charge is 0.411 e. The van der Waals surface area contributed by atoms with E-state index in [4.69, 9.17) is 4.74 Å². The van der Waals surface area contributed by atoms with Gasteiger partial charge in [0.1, 0.15) is 10.6 Å². The van der Waals surface area contributed by atoms with Gasteiger partial charge in [0.2, 0.25) is 5.88 Å². The van der Waals surface area contributed by atoms with Crippen molar-refractivity contribution in [3.63, 3.8) is 0 Å². The summed E-state index contributed by atoms with van der Waals surface area (Å²) in [6.45, 7) is 0. The Morgan fingerprint density at radius 1 is 1.35 bits per heavy atom. The fourth-order valence-electron chi connectivity index (χ4n) is 2.47. The van der Waals surface area contributed by atoms with E-state index in [1.807, 2.05) is 0 Å². The molecule has 10 nitrogen and oxygen atoms in total. The third-order valence-electron chi connectivity index (χ3n) is 3.73. The number of hydrogen-bond acceptors (Lipinski definition) is 6. The Balaban J connectivity index is 2.16. The van der Waals surface area contributed by atoms with Crippen LogP contribution in [0.1, 0.15) is 0 Å². The number of fused-ring (bicyclic) bond motifs is 1. The summed E-state index contributed by atoms with van der Waals surface area (Å²) in [5.74, 6) is -0.0335. The van der Waals surface area contributed by atoms with Gasteiger partial charge in [0.05, 0.1) is 24.7 Å². The van der Waals surface area contributed by atoms with Gasteiger partial charge in [0, 0.05) is 7.05 Å². The number of pyridine rings is 1. The number of benzene rings is 1. The zero-order chi connectivity index (χ0) is 19.1. The standard InChI is InChI=1S/C15H14N4O6S/c1-18(15(21)22)11-7-9(8-16-13(11)25-2)19-14(20)17-10-5-3-4-6-12(10)26(19,23)24/h3-8H,1-2H3,(H,17,20)(H,21,22). The average Bonchev–Trinajstić information content (AvgIpc) is 2.60. The lowest BCUT2D eigenvalue weighted by Crippen LogP contribution is -2.44. The van der Waals surface area contributed by atoms with E-state index >= 15 is 0 Å². The Hall–Kier alpha value is -3.34. The lowest BCUT2D eigenvalue weighted by molar-refractivity contribution is 0.203. The van der Waals surface area contributed by atoms with Gasteiger partial charge in [0.25, 0.3) is 10.0 Å². The van der Waals surface area contributed by atoms with Gasteiger partial charge in [-0.05, 0) is 18.2 Å². The van der Waals surface area contributed by atoms with Crippen LogP contribution in [0.4, 0.5) is 26.7 Å². The van der Waals surface area contributed by atoms with Crippen LogP contribution in [-0.2, 0) is 10.0 Å². The number of para-hydroxylation sites is 1. The molecule has 1 aliphatic heterocycles. The maximum atomic E-state index is 12.9. The number of amides is 3. The van der Waals surface area contributed by atoms with Crippen LogP contribution in [0.15, 0.2) is 41.4 Å². The van der Waals surface area contributed by atoms with Crippen LogP contribution in [0.3, 0.4) is 0 Å². The molecule has 2 aromatic rings. The molecule has 1 aromatic carbocycles. The van der Waals surface area contributed by atoms with Gasteiger partial charge in [-0.15, -0.1) is 0 Å². The van der Waals surface area contributed by atoms with Crippen molar-refractivity contribution in [3.8, 4) is 5.88 Å². The zero-order valence-electron chi connectivity index (χ0n) is 13.7. The van der Waals surface area contributed by atoms with Gasteiger partial charge in [-0.2, -0.15) is 4.31 Å². The molecule has 3 amide bonds. The van der Waals surface area contributed by atoms with Gasteiger partial charge < -0.3 is 15.2 Å². The highest BCUT2D eigenvalue weighted by atomic mass is 32.2. The number of rotatable bonds is 3. The first-order chi connectivity index (χ1) is 12.3. The van der Waals surface area contributed by atoms with Crippen molar-refractivity contribution < 1.29 is 27.9 Å². The van der Waals surface area contributed by atoms with E-state index in [1.54, 1.807) is 6.07 Å². The molecule has 1 aliphatic rings. The molecule has 0 atom stereocenters. The zero-order valence-corrected chi connectivity index (χ0v) is 14.5. The SMILES string of the molecule is COc1ncc(N2C(=O)Nc3ccccc3S2(=O)=O)cc1N(C)C(=O)O.